The maximum atomic E-state index is 10.7. The minimum Gasteiger partial charge on any atom is -0.458 e. The van der Waals surface area contributed by atoms with Gasteiger partial charge < -0.3 is 4.74 Å². The van der Waals surface area contributed by atoms with Crippen LogP contribution in [0.3, 0.4) is 0 Å². The Morgan fingerprint density at radius 1 is 1.73 bits per heavy atom. The van der Waals surface area contributed by atoms with Gasteiger partial charge in [-0.3, -0.25) is 4.79 Å². The van der Waals surface area contributed by atoms with Crippen molar-refractivity contribution in [1.29, 1.82) is 0 Å². The van der Waals surface area contributed by atoms with Crippen LogP contribution in [0.15, 0.2) is 12.2 Å². The van der Waals surface area contributed by atoms with Crippen LogP contribution < -0.4 is 0 Å². The van der Waals surface area contributed by atoms with Gasteiger partial charge in [0.25, 0.3) is 0 Å². The van der Waals surface area contributed by atoms with Crippen LogP contribution in [-0.2, 0) is 9.53 Å². The summed E-state index contributed by atoms with van der Waals surface area (Å²) in [6.07, 6.45) is 1.36. The Bertz CT molecular complexity index is 182. The summed E-state index contributed by atoms with van der Waals surface area (Å²) in [7, 11) is 0. The first-order chi connectivity index (χ1) is 5.11. The number of esters is 1. The van der Waals surface area contributed by atoms with Crippen molar-refractivity contribution in [3.05, 3.63) is 12.2 Å². The van der Waals surface area contributed by atoms with E-state index in [1.165, 1.54) is 0 Å². The summed E-state index contributed by atoms with van der Waals surface area (Å²) in [5.41, 5.74) is 1.04. The molecule has 1 rings (SSSR count). The molecule has 0 saturated carbocycles. The Morgan fingerprint density at radius 2 is 2.36 bits per heavy atom. The molecule has 0 aromatic heterocycles. The molecule has 0 aliphatic carbocycles. The quantitative estimate of drug-likeness (QED) is 0.448. The van der Waals surface area contributed by atoms with E-state index in [0.29, 0.717) is 12.3 Å². The van der Waals surface area contributed by atoms with E-state index in [4.69, 9.17) is 4.74 Å². The number of rotatable bonds is 2. The molecule has 62 valence electrons. The number of carbonyl (C=O) groups is 1. The van der Waals surface area contributed by atoms with Crippen LogP contribution in [0.4, 0.5) is 0 Å². The van der Waals surface area contributed by atoms with Crippen molar-refractivity contribution in [2.75, 3.05) is 0 Å². The average molecular weight is 154 g/mol. The second kappa shape index (κ2) is 3.07. The number of cyclic esters (lactones) is 1. The van der Waals surface area contributed by atoms with E-state index in [-0.39, 0.29) is 12.1 Å². The third kappa shape index (κ3) is 1.82. The minimum atomic E-state index is -0.0863. The second-order valence-corrected chi connectivity index (χ2v) is 3.25. The van der Waals surface area contributed by atoms with Crippen LogP contribution >= 0.6 is 0 Å². The fraction of sp³-hybridized carbons (Fsp3) is 0.667. The third-order valence-electron chi connectivity index (χ3n) is 2.04. The number of hydrogen-bond acceptors (Lipinski definition) is 2. The van der Waals surface area contributed by atoms with Gasteiger partial charge in [-0.15, -0.1) is 0 Å². The lowest BCUT2D eigenvalue weighted by molar-refractivity contribution is -0.140. The van der Waals surface area contributed by atoms with E-state index < -0.39 is 0 Å². The maximum absolute atomic E-state index is 10.7. The molecule has 1 saturated heterocycles. The summed E-state index contributed by atoms with van der Waals surface area (Å²) in [4.78, 5) is 10.7. The zero-order valence-electron chi connectivity index (χ0n) is 7.09. The van der Waals surface area contributed by atoms with Gasteiger partial charge in [-0.1, -0.05) is 20.4 Å². The van der Waals surface area contributed by atoms with Crippen LogP contribution in [0, 0.1) is 5.92 Å². The van der Waals surface area contributed by atoms with Crippen molar-refractivity contribution in [1.82, 2.24) is 0 Å². The molecule has 0 aromatic carbocycles. The van der Waals surface area contributed by atoms with E-state index in [1.54, 1.807) is 0 Å². The first-order valence-electron chi connectivity index (χ1n) is 3.99. The van der Waals surface area contributed by atoms with Crippen molar-refractivity contribution in [3.8, 4) is 0 Å². The van der Waals surface area contributed by atoms with Crippen molar-refractivity contribution < 1.29 is 9.53 Å². The summed E-state index contributed by atoms with van der Waals surface area (Å²) in [6.45, 7) is 8.02. The fourth-order valence-electron chi connectivity index (χ4n) is 1.16. The monoisotopic (exact) mass is 154 g/mol. The molecule has 0 aromatic rings. The molecule has 11 heavy (non-hydrogen) atoms. The largest absolute Gasteiger partial charge is 0.458 e. The highest BCUT2D eigenvalue weighted by Gasteiger charge is 2.26. The first-order valence-corrected chi connectivity index (χ1v) is 3.99. The summed E-state index contributed by atoms with van der Waals surface area (Å²) in [5, 5.41) is 0. The lowest BCUT2D eigenvalue weighted by Crippen LogP contribution is -2.13. The van der Waals surface area contributed by atoms with Gasteiger partial charge in [0, 0.05) is 6.42 Å². The Kier molecular flexibility index (Phi) is 2.32. The molecule has 0 amide bonds. The Balaban J connectivity index is 2.50. The Hall–Kier alpha value is -0.790. The Labute approximate surface area is 67.2 Å². The first kappa shape index (κ1) is 8.31. The molecule has 0 spiro atoms. The van der Waals surface area contributed by atoms with Crippen molar-refractivity contribution in [2.24, 2.45) is 5.92 Å². The van der Waals surface area contributed by atoms with Gasteiger partial charge >= 0.3 is 5.97 Å². The van der Waals surface area contributed by atoms with Crippen LogP contribution in [0.2, 0.25) is 0 Å². The topological polar surface area (TPSA) is 26.3 Å². The second-order valence-electron chi connectivity index (χ2n) is 3.25. The van der Waals surface area contributed by atoms with Crippen molar-refractivity contribution in [3.63, 3.8) is 0 Å². The predicted molar refractivity (Wildman–Crippen MR) is 43.1 cm³/mol. The van der Waals surface area contributed by atoms with Gasteiger partial charge in [0.2, 0.25) is 0 Å². The number of carbonyl (C=O) groups excluding carboxylic acids is 1. The van der Waals surface area contributed by atoms with Crippen LogP contribution in [0.25, 0.3) is 0 Å². The predicted octanol–water partition coefficient (Wildman–Crippen LogP) is 1.90. The van der Waals surface area contributed by atoms with E-state index >= 15 is 0 Å². The highest BCUT2D eigenvalue weighted by Crippen LogP contribution is 2.24. The molecule has 1 fully saturated rings. The molecule has 1 heterocycles. The molecule has 0 unspecified atom stereocenters. The van der Waals surface area contributed by atoms with Gasteiger partial charge in [0.1, 0.15) is 6.10 Å². The molecule has 1 aliphatic heterocycles. The zero-order valence-corrected chi connectivity index (χ0v) is 7.09. The highest BCUT2D eigenvalue weighted by atomic mass is 16.5. The van der Waals surface area contributed by atoms with Crippen molar-refractivity contribution >= 4 is 5.97 Å². The molecule has 2 nitrogen and oxygen atoms in total. The third-order valence-corrected chi connectivity index (χ3v) is 2.04. The lowest BCUT2D eigenvalue weighted by atomic mass is 9.98. The summed E-state index contributed by atoms with van der Waals surface area (Å²) in [6, 6.07) is 0. The smallest absolute Gasteiger partial charge is 0.306 e. The standard InChI is InChI=1S/C9H14O2/c1-6(2)7(3)8-4-5-9(10)11-8/h6,8H,3-5H2,1-2H3/t8-/m1/s1. The van der Waals surface area contributed by atoms with Gasteiger partial charge in [-0.2, -0.15) is 0 Å². The minimum absolute atomic E-state index is 0.0116. The molecule has 1 aliphatic rings. The van der Waals surface area contributed by atoms with E-state index in [1.807, 2.05) is 0 Å². The van der Waals surface area contributed by atoms with Gasteiger partial charge in [0.05, 0.1) is 0 Å². The fourth-order valence-corrected chi connectivity index (χ4v) is 1.16. The molecule has 0 bridgehead atoms. The lowest BCUT2D eigenvalue weighted by Gasteiger charge is -2.15. The molecule has 1 atom stereocenters. The van der Waals surface area contributed by atoms with E-state index in [9.17, 15) is 4.79 Å². The van der Waals surface area contributed by atoms with Gasteiger partial charge in [-0.05, 0) is 17.9 Å². The number of ether oxygens (including phenoxy) is 1. The number of hydrogen-bond donors (Lipinski definition) is 0. The van der Waals surface area contributed by atoms with Crippen molar-refractivity contribution in [2.45, 2.75) is 32.8 Å². The molecular weight excluding hydrogens is 140 g/mol. The average Bonchev–Trinajstić information content (AvgIpc) is 2.34. The summed E-state index contributed by atoms with van der Waals surface area (Å²) >= 11 is 0. The highest BCUT2D eigenvalue weighted by molar-refractivity contribution is 5.72. The molecule has 2 heteroatoms. The SMILES string of the molecule is C=C(C(C)C)[C@H]1CCC(=O)O1. The Morgan fingerprint density at radius 3 is 2.73 bits per heavy atom. The summed E-state index contributed by atoms with van der Waals surface area (Å²) in [5.74, 6) is 0.322. The van der Waals surface area contributed by atoms with E-state index in [0.717, 1.165) is 12.0 Å². The van der Waals surface area contributed by atoms with Crippen LogP contribution in [0.1, 0.15) is 26.7 Å². The molecule has 0 N–H and O–H groups in total. The summed E-state index contributed by atoms with van der Waals surface area (Å²) < 4.78 is 5.05. The maximum Gasteiger partial charge on any atom is 0.306 e. The van der Waals surface area contributed by atoms with E-state index in [2.05, 4.69) is 20.4 Å². The zero-order chi connectivity index (χ0) is 8.43. The van der Waals surface area contributed by atoms with Crippen LogP contribution in [-0.4, -0.2) is 12.1 Å². The normalized spacial score (nSPS) is 23.9. The van der Waals surface area contributed by atoms with Crippen LogP contribution in [0.5, 0.6) is 0 Å². The van der Waals surface area contributed by atoms with Gasteiger partial charge in [0.15, 0.2) is 0 Å². The molecular formula is C9H14O2. The molecule has 0 radical (unpaired) electrons. The van der Waals surface area contributed by atoms with Gasteiger partial charge in [-0.25, -0.2) is 0 Å².